The van der Waals surface area contributed by atoms with Gasteiger partial charge in [-0.05, 0) is 37.3 Å². The van der Waals surface area contributed by atoms with Crippen LogP contribution in [0.5, 0.6) is 11.5 Å². The van der Waals surface area contributed by atoms with E-state index >= 15 is 0 Å². The SMILES string of the molecule is CCNc1cccc(Oc2ccc(Cl)cc2Cn2cncn2)c1. The predicted molar refractivity (Wildman–Crippen MR) is 91.3 cm³/mol. The van der Waals surface area contributed by atoms with E-state index in [-0.39, 0.29) is 0 Å². The normalized spacial score (nSPS) is 10.5. The summed E-state index contributed by atoms with van der Waals surface area (Å²) in [5.41, 5.74) is 1.97. The Morgan fingerprint density at radius 2 is 2.13 bits per heavy atom. The molecule has 0 radical (unpaired) electrons. The first-order chi connectivity index (χ1) is 11.2. The minimum absolute atomic E-state index is 0.544. The number of hydrogen-bond acceptors (Lipinski definition) is 4. The van der Waals surface area contributed by atoms with Crippen molar-refractivity contribution >= 4 is 17.3 Å². The van der Waals surface area contributed by atoms with Crippen LogP contribution in [0.15, 0.2) is 55.1 Å². The fraction of sp³-hybridized carbons (Fsp3) is 0.176. The van der Waals surface area contributed by atoms with Crippen molar-refractivity contribution < 1.29 is 4.74 Å². The molecule has 0 unspecified atom stereocenters. The minimum Gasteiger partial charge on any atom is -0.457 e. The van der Waals surface area contributed by atoms with E-state index in [0.717, 1.165) is 29.3 Å². The molecule has 2 aromatic carbocycles. The molecule has 0 amide bonds. The quantitative estimate of drug-likeness (QED) is 0.736. The van der Waals surface area contributed by atoms with E-state index in [1.165, 1.54) is 6.33 Å². The molecule has 0 aliphatic rings. The molecule has 0 atom stereocenters. The molecular weight excluding hydrogens is 312 g/mol. The number of benzene rings is 2. The average molecular weight is 329 g/mol. The molecule has 5 nitrogen and oxygen atoms in total. The smallest absolute Gasteiger partial charge is 0.137 e. The van der Waals surface area contributed by atoms with Crippen molar-refractivity contribution in [1.29, 1.82) is 0 Å². The lowest BCUT2D eigenvalue weighted by molar-refractivity contribution is 0.472. The third-order valence-electron chi connectivity index (χ3n) is 3.26. The average Bonchev–Trinajstić information content (AvgIpc) is 3.04. The number of nitrogens with one attached hydrogen (secondary N) is 1. The van der Waals surface area contributed by atoms with Crippen LogP contribution in [0, 0.1) is 0 Å². The molecule has 1 N–H and O–H groups in total. The topological polar surface area (TPSA) is 52.0 Å². The molecule has 3 rings (SSSR count). The van der Waals surface area contributed by atoms with Crippen molar-refractivity contribution in [2.24, 2.45) is 0 Å². The number of ether oxygens (including phenoxy) is 1. The number of rotatable bonds is 6. The Balaban J connectivity index is 1.86. The Morgan fingerprint density at radius 1 is 1.22 bits per heavy atom. The summed E-state index contributed by atoms with van der Waals surface area (Å²) in [6, 6.07) is 13.4. The van der Waals surface area contributed by atoms with Gasteiger partial charge >= 0.3 is 0 Å². The second-order valence-corrected chi connectivity index (χ2v) is 5.44. The lowest BCUT2D eigenvalue weighted by Gasteiger charge is -2.13. The Morgan fingerprint density at radius 3 is 2.91 bits per heavy atom. The third-order valence-corrected chi connectivity index (χ3v) is 3.50. The maximum Gasteiger partial charge on any atom is 0.137 e. The zero-order valence-electron chi connectivity index (χ0n) is 12.7. The molecule has 0 spiro atoms. The molecule has 1 heterocycles. The summed E-state index contributed by atoms with van der Waals surface area (Å²) in [6.07, 6.45) is 3.17. The van der Waals surface area contributed by atoms with Crippen molar-refractivity contribution in [2.45, 2.75) is 13.5 Å². The lowest BCUT2D eigenvalue weighted by atomic mass is 10.2. The third kappa shape index (κ3) is 4.02. The highest BCUT2D eigenvalue weighted by molar-refractivity contribution is 6.30. The molecule has 3 aromatic rings. The molecule has 118 valence electrons. The lowest BCUT2D eigenvalue weighted by Crippen LogP contribution is -2.02. The molecular formula is C17H17ClN4O. The van der Waals surface area contributed by atoms with Gasteiger partial charge in [-0.2, -0.15) is 5.10 Å². The summed E-state index contributed by atoms with van der Waals surface area (Å²) in [5, 5.41) is 8.06. The van der Waals surface area contributed by atoms with Crippen LogP contribution in [0.1, 0.15) is 12.5 Å². The first-order valence-electron chi connectivity index (χ1n) is 7.37. The minimum atomic E-state index is 0.544. The first kappa shape index (κ1) is 15.4. The molecule has 0 aliphatic carbocycles. The summed E-state index contributed by atoms with van der Waals surface area (Å²) in [4.78, 5) is 3.96. The highest BCUT2D eigenvalue weighted by Crippen LogP contribution is 2.29. The Bertz CT molecular complexity index is 774. The van der Waals surface area contributed by atoms with Gasteiger partial charge in [0.25, 0.3) is 0 Å². The van der Waals surface area contributed by atoms with Gasteiger partial charge in [0, 0.05) is 28.9 Å². The van der Waals surface area contributed by atoms with E-state index in [1.807, 2.05) is 42.5 Å². The second kappa shape index (κ2) is 7.15. The molecule has 0 bridgehead atoms. The summed E-state index contributed by atoms with van der Waals surface area (Å²) >= 11 is 6.12. The summed E-state index contributed by atoms with van der Waals surface area (Å²) in [6.45, 7) is 3.47. The van der Waals surface area contributed by atoms with Crippen molar-refractivity contribution in [2.75, 3.05) is 11.9 Å². The Hall–Kier alpha value is -2.53. The van der Waals surface area contributed by atoms with E-state index in [1.54, 1.807) is 11.0 Å². The van der Waals surface area contributed by atoms with Crippen LogP contribution in [0.4, 0.5) is 5.69 Å². The number of aromatic nitrogens is 3. The van der Waals surface area contributed by atoms with Gasteiger partial charge < -0.3 is 10.1 Å². The van der Waals surface area contributed by atoms with E-state index in [2.05, 4.69) is 22.3 Å². The maximum atomic E-state index is 6.12. The zero-order valence-corrected chi connectivity index (χ0v) is 13.5. The van der Waals surface area contributed by atoms with Gasteiger partial charge in [0.2, 0.25) is 0 Å². The molecule has 23 heavy (non-hydrogen) atoms. The van der Waals surface area contributed by atoms with Crippen LogP contribution < -0.4 is 10.1 Å². The van der Waals surface area contributed by atoms with Gasteiger partial charge in [-0.25, -0.2) is 9.67 Å². The van der Waals surface area contributed by atoms with E-state index < -0.39 is 0 Å². The van der Waals surface area contributed by atoms with Crippen LogP contribution in [0.3, 0.4) is 0 Å². The van der Waals surface area contributed by atoms with Gasteiger partial charge in [0.1, 0.15) is 24.2 Å². The van der Waals surface area contributed by atoms with Gasteiger partial charge in [-0.15, -0.1) is 0 Å². The van der Waals surface area contributed by atoms with Crippen LogP contribution in [0.25, 0.3) is 0 Å². The van der Waals surface area contributed by atoms with Crippen LogP contribution in [-0.2, 0) is 6.54 Å². The number of anilines is 1. The molecule has 0 saturated carbocycles. The van der Waals surface area contributed by atoms with Gasteiger partial charge in [0.05, 0.1) is 6.54 Å². The second-order valence-electron chi connectivity index (χ2n) is 5.01. The summed E-state index contributed by atoms with van der Waals surface area (Å²) < 4.78 is 7.77. The van der Waals surface area contributed by atoms with Crippen molar-refractivity contribution in [3.05, 3.63) is 65.7 Å². The summed E-state index contributed by atoms with van der Waals surface area (Å²) in [7, 11) is 0. The van der Waals surface area contributed by atoms with Crippen molar-refractivity contribution in [3.8, 4) is 11.5 Å². The Labute approximate surface area is 139 Å². The Kier molecular flexibility index (Phi) is 4.78. The van der Waals surface area contributed by atoms with E-state index in [9.17, 15) is 0 Å². The van der Waals surface area contributed by atoms with Crippen molar-refractivity contribution in [1.82, 2.24) is 14.8 Å². The fourth-order valence-corrected chi connectivity index (χ4v) is 2.46. The number of halogens is 1. The number of hydrogen-bond donors (Lipinski definition) is 1. The van der Waals surface area contributed by atoms with Gasteiger partial charge in [-0.1, -0.05) is 17.7 Å². The molecule has 0 saturated heterocycles. The highest BCUT2D eigenvalue weighted by atomic mass is 35.5. The molecule has 0 fully saturated rings. The largest absolute Gasteiger partial charge is 0.457 e. The molecule has 6 heteroatoms. The highest BCUT2D eigenvalue weighted by Gasteiger charge is 2.08. The molecule has 0 aliphatic heterocycles. The van der Waals surface area contributed by atoms with Gasteiger partial charge in [0.15, 0.2) is 0 Å². The van der Waals surface area contributed by atoms with E-state index in [0.29, 0.717) is 11.6 Å². The fourth-order valence-electron chi connectivity index (χ4n) is 2.26. The first-order valence-corrected chi connectivity index (χ1v) is 7.75. The van der Waals surface area contributed by atoms with Crippen LogP contribution >= 0.6 is 11.6 Å². The maximum absolute atomic E-state index is 6.12. The van der Waals surface area contributed by atoms with E-state index in [4.69, 9.17) is 16.3 Å². The van der Waals surface area contributed by atoms with Crippen molar-refractivity contribution in [3.63, 3.8) is 0 Å². The van der Waals surface area contributed by atoms with Gasteiger partial charge in [-0.3, -0.25) is 0 Å². The van der Waals surface area contributed by atoms with Crippen LogP contribution in [-0.4, -0.2) is 21.3 Å². The zero-order chi connectivity index (χ0) is 16.1. The number of nitrogens with zero attached hydrogens (tertiary/aromatic N) is 3. The monoisotopic (exact) mass is 328 g/mol. The standard InChI is InChI=1S/C17H17ClN4O/c1-2-20-15-4-3-5-16(9-15)23-17-7-6-14(18)8-13(17)10-22-12-19-11-21-22/h3-9,11-12,20H,2,10H2,1H3. The summed E-state index contributed by atoms with van der Waals surface area (Å²) in [5.74, 6) is 1.52. The predicted octanol–water partition coefficient (Wildman–Crippen LogP) is 4.20. The molecule has 1 aromatic heterocycles. The van der Waals surface area contributed by atoms with Crippen LogP contribution in [0.2, 0.25) is 5.02 Å².